The molecular weight excluding hydrogens is 162 g/mol. The van der Waals surface area contributed by atoms with Gasteiger partial charge in [-0.05, 0) is 27.2 Å². The predicted molar refractivity (Wildman–Crippen MR) is 55.6 cm³/mol. The van der Waals surface area contributed by atoms with E-state index in [9.17, 15) is 5.11 Å². The second-order valence-corrected chi connectivity index (χ2v) is 4.93. The third-order valence-electron chi connectivity index (χ3n) is 2.82. The lowest BCUT2D eigenvalue weighted by molar-refractivity contribution is 0.122. The average Bonchev–Trinajstić information content (AvgIpc) is 2.32. The van der Waals surface area contributed by atoms with Crippen LogP contribution in [-0.2, 0) is 0 Å². The maximum Gasteiger partial charge on any atom is 0.0710 e. The molecular formula is C11H21NO. The fourth-order valence-electron chi connectivity index (χ4n) is 1.85. The first-order chi connectivity index (χ1) is 5.95. The molecule has 1 rings (SSSR count). The highest BCUT2D eigenvalue weighted by molar-refractivity contribution is 4.92. The molecule has 13 heavy (non-hydrogen) atoms. The highest BCUT2D eigenvalue weighted by Crippen LogP contribution is 2.26. The van der Waals surface area contributed by atoms with Gasteiger partial charge >= 0.3 is 0 Å². The second kappa shape index (κ2) is 3.81. The van der Waals surface area contributed by atoms with Gasteiger partial charge in [0.2, 0.25) is 0 Å². The molecule has 0 amide bonds. The summed E-state index contributed by atoms with van der Waals surface area (Å²) < 4.78 is 0. The Balaban J connectivity index is 2.54. The third kappa shape index (κ3) is 2.55. The van der Waals surface area contributed by atoms with E-state index in [4.69, 9.17) is 0 Å². The molecule has 0 spiro atoms. The van der Waals surface area contributed by atoms with Gasteiger partial charge in [-0.25, -0.2) is 0 Å². The molecule has 2 heteroatoms. The van der Waals surface area contributed by atoms with Crippen LogP contribution in [0.15, 0.2) is 12.7 Å². The summed E-state index contributed by atoms with van der Waals surface area (Å²) in [6.07, 6.45) is 2.66. The van der Waals surface area contributed by atoms with Crippen LogP contribution in [0.4, 0.5) is 0 Å². The quantitative estimate of drug-likeness (QED) is 0.658. The van der Waals surface area contributed by atoms with Crippen molar-refractivity contribution in [2.75, 3.05) is 13.1 Å². The molecule has 2 atom stereocenters. The third-order valence-corrected chi connectivity index (χ3v) is 2.82. The minimum atomic E-state index is -0.169. The van der Waals surface area contributed by atoms with Crippen molar-refractivity contribution in [2.45, 2.75) is 38.8 Å². The van der Waals surface area contributed by atoms with Crippen LogP contribution < -0.4 is 0 Å². The second-order valence-electron chi connectivity index (χ2n) is 4.93. The fourth-order valence-corrected chi connectivity index (χ4v) is 1.85. The number of aliphatic hydroxyl groups excluding tert-OH is 1. The van der Waals surface area contributed by atoms with Crippen molar-refractivity contribution in [3.05, 3.63) is 12.7 Å². The van der Waals surface area contributed by atoms with Crippen LogP contribution in [0.2, 0.25) is 0 Å². The molecule has 1 aliphatic heterocycles. The lowest BCUT2D eigenvalue weighted by atomic mass is 10.0. The standard InChI is InChI=1S/C11H21NO/c1-5-6-9-7-12(8-10(9)13)11(2,3)4/h5,9-10,13H,1,6-8H2,2-4H3/t9-,10+/m1/s1. The molecule has 0 radical (unpaired) electrons. The van der Waals surface area contributed by atoms with E-state index in [0.717, 1.165) is 19.5 Å². The Morgan fingerprint density at radius 3 is 2.46 bits per heavy atom. The Kier molecular flexibility index (Phi) is 3.14. The first-order valence-electron chi connectivity index (χ1n) is 4.99. The maximum absolute atomic E-state index is 9.76. The van der Waals surface area contributed by atoms with E-state index in [1.807, 2.05) is 6.08 Å². The van der Waals surface area contributed by atoms with E-state index in [0.29, 0.717) is 5.92 Å². The van der Waals surface area contributed by atoms with Crippen molar-refractivity contribution in [2.24, 2.45) is 5.92 Å². The van der Waals surface area contributed by atoms with Gasteiger partial charge in [0.25, 0.3) is 0 Å². The number of allylic oxidation sites excluding steroid dienone is 1. The monoisotopic (exact) mass is 183 g/mol. The van der Waals surface area contributed by atoms with Crippen molar-refractivity contribution in [3.8, 4) is 0 Å². The van der Waals surface area contributed by atoms with Crippen molar-refractivity contribution in [1.29, 1.82) is 0 Å². The van der Waals surface area contributed by atoms with E-state index in [1.165, 1.54) is 0 Å². The summed E-state index contributed by atoms with van der Waals surface area (Å²) in [5, 5.41) is 9.76. The molecule has 1 saturated heterocycles. The number of aliphatic hydroxyl groups is 1. The Labute approximate surface area is 81.2 Å². The highest BCUT2D eigenvalue weighted by atomic mass is 16.3. The van der Waals surface area contributed by atoms with Crippen molar-refractivity contribution in [3.63, 3.8) is 0 Å². The summed E-state index contributed by atoms with van der Waals surface area (Å²) in [4.78, 5) is 2.34. The Morgan fingerprint density at radius 2 is 2.08 bits per heavy atom. The van der Waals surface area contributed by atoms with Gasteiger partial charge in [-0.2, -0.15) is 0 Å². The molecule has 0 aromatic rings. The molecule has 0 aliphatic carbocycles. The van der Waals surface area contributed by atoms with Gasteiger partial charge in [0.05, 0.1) is 6.10 Å². The summed E-state index contributed by atoms with van der Waals surface area (Å²) in [5.41, 5.74) is 0.177. The summed E-state index contributed by atoms with van der Waals surface area (Å²) >= 11 is 0. The number of nitrogens with zero attached hydrogens (tertiary/aromatic N) is 1. The summed E-state index contributed by atoms with van der Waals surface area (Å²) in [6.45, 7) is 12.1. The van der Waals surface area contributed by atoms with Gasteiger partial charge in [0, 0.05) is 24.5 Å². The molecule has 0 unspecified atom stereocenters. The Bertz CT molecular complexity index is 183. The zero-order valence-corrected chi connectivity index (χ0v) is 8.95. The number of rotatable bonds is 2. The molecule has 2 nitrogen and oxygen atoms in total. The van der Waals surface area contributed by atoms with Gasteiger partial charge in [-0.3, -0.25) is 4.90 Å². The fraction of sp³-hybridized carbons (Fsp3) is 0.818. The van der Waals surface area contributed by atoms with Crippen LogP contribution in [0, 0.1) is 5.92 Å². The van der Waals surface area contributed by atoms with Crippen LogP contribution in [0.25, 0.3) is 0 Å². The molecule has 1 aliphatic rings. The smallest absolute Gasteiger partial charge is 0.0710 e. The van der Waals surface area contributed by atoms with Crippen molar-refractivity contribution in [1.82, 2.24) is 4.90 Å². The normalized spacial score (nSPS) is 30.8. The van der Waals surface area contributed by atoms with E-state index >= 15 is 0 Å². The van der Waals surface area contributed by atoms with Crippen LogP contribution >= 0.6 is 0 Å². The van der Waals surface area contributed by atoms with Gasteiger partial charge in [-0.15, -0.1) is 6.58 Å². The lowest BCUT2D eigenvalue weighted by Gasteiger charge is -2.31. The largest absolute Gasteiger partial charge is 0.391 e. The SMILES string of the molecule is C=CC[C@@H]1CN(C(C)(C)C)C[C@@H]1O. The van der Waals surface area contributed by atoms with E-state index in [2.05, 4.69) is 32.3 Å². The molecule has 0 bridgehead atoms. The van der Waals surface area contributed by atoms with Crippen LogP contribution in [0.3, 0.4) is 0 Å². The Morgan fingerprint density at radius 1 is 1.46 bits per heavy atom. The number of hydrogen-bond acceptors (Lipinski definition) is 2. The van der Waals surface area contributed by atoms with Gasteiger partial charge in [0.15, 0.2) is 0 Å². The van der Waals surface area contributed by atoms with Crippen LogP contribution in [-0.4, -0.2) is 34.7 Å². The minimum Gasteiger partial charge on any atom is -0.391 e. The Hall–Kier alpha value is -0.340. The first-order valence-corrected chi connectivity index (χ1v) is 4.99. The topological polar surface area (TPSA) is 23.5 Å². The van der Waals surface area contributed by atoms with Crippen molar-refractivity contribution >= 4 is 0 Å². The van der Waals surface area contributed by atoms with E-state index in [-0.39, 0.29) is 11.6 Å². The van der Waals surface area contributed by atoms with E-state index in [1.54, 1.807) is 0 Å². The van der Waals surface area contributed by atoms with Gasteiger partial charge < -0.3 is 5.11 Å². The number of β-amino-alcohol motifs (C(OH)–C–C–N with tert-alkyl or cyclic N) is 1. The molecule has 1 N–H and O–H groups in total. The van der Waals surface area contributed by atoms with E-state index < -0.39 is 0 Å². The molecule has 1 heterocycles. The summed E-state index contributed by atoms with van der Waals surface area (Å²) in [5.74, 6) is 0.386. The molecule has 1 fully saturated rings. The van der Waals surface area contributed by atoms with Crippen LogP contribution in [0.1, 0.15) is 27.2 Å². The van der Waals surface area contributed by atoms with Crippen LogP contribution in [0.5, 0.6) is 0 Å². The number of hydrogen-bond donors (Lipinski definition) is 1. The average molecular weight is 183 g/mol. The summed E-state index contributed by atoms with van der Waals surface area (Å²) in [7, 11) is 0. The first kappa shape index (κ1) is 10.7. The van der Waals surface area contributed by atoms with Gasteiger partial charge in [-0.1, -0.05) is 6.08 Å². The maximum atomic E-state index is 9.76. The zero-order valence-electron chi connectivity index (χ0n) is 8.95. The number of likely N-dealkylation sites (tertiary alicyclic amines) is 1. The van der Waals surface area contributed by atoms with Crippen molar-refractivity contribution < 1.29 is 5.11 Å². The highest BCUT2D eigenvalue weighted by Gasteiger charge is 2.35. The molecule has 0 aromatic carbocycles. The zero-order chi connectivity index (χ0) is 10.1. The minimum absolute atomic E-state index is 0.169. The molecule has 0 aromatic heterocycles. The predicted octanol–water partition coefficient (Wildman–Crippen LogP) is 1.65. The molecule has 76 valence electrons. The molecule has 0 saturated carbocycles. The summed E-state index contributed by atoms with van der Waals surface area (Å²) in [6, 6.07) is 0. The lowest BCUT2D eigenvalue weighted by Crippen LogP contribution is -2.40. The van der Waals surface area contributed by atoms with Gasteiger partial charge in [0.1, 0.15) is 0 Å².